The molecule has 4 rings (SSSR count). The van der Waals surface area contributed by atoms with Crippen molar-refractivity contribution in [3.05, 3.63) is 51.1 Å². The molecule has 2 aromatic heterocycles. The zero-order valence-corrected chi connectivity index (χ0v) is 16.3. The lowest BCUT2D eigenvalue weighted by molar-refractivity contribution is 0.713. The molecule has 1 aliphatic rings. The molecular weight excluding hydrogens is 350 g/mol. The summed E-state index contributed by atoms with van der Waals surface area (Å²) in [5, 5.41) is 2.07. The Kier molecular flexibility index (Phi) is 4.65. The Bertz CT molecular complexity index is 919. The summed E-state index contributed by atoms with van der Waals surface area (Å²) in [5.41, 5.74) is 2.61. The minimum atomic E-state index is 0.746. The number of fused-ring (bicyclic) bond motifs is 3. The zero-order valence-electron chi connectivity index (χ0n) is 14.7. The summed E-state index contributed by atoms with van der Waals surface area (Å²) in [7, 11) is 2.10. The second kappa shape index (κ2) is 6.93. The van der Waals surface area contributed by atoms with Crippen LogP contribution in [0.15, 0.2) is 24.3 Å². The predicted octanol–water partition coefficient (Wildman–Crippen LogP) is 5.56. The van der Waals surface area contributed by atoms with Gasteiger partial charge in [-0.15, -0.1) is 11.3 Å². The highest BCUT2D eigenvalue weighted by molar-refractivity contribution is 7.19. The van der Waals surface area contributed by atoms with Gasteiger partial charge in [0.05, 0.1) is 5.39 Å². The maximum Gasteiger partial charge on any atom is 0.141 e. The third-order valence-corrected chi connectivity index (χ3v) is 6.44. The molecule has 0 unspecified atom stereocenters. The van der Waals surface area contributed by atoms with E-state index in [4.69, 9.17) is 21.6 Å². The first kappa shape index (κ1) is 16.8. The molecule has 5 heteroatoms. The summed E-state index contributed by atoms with van der Waals surface area (Å²) in [6.45, 7) is 2.73. The largest absolute Gasteiger partial charge is 0.355 e. The Morgan fingerprint density at radius 2 is 1.92 bits per heavy atom. The van der Waals surface area contributed by atoms with E-state index in [1.807, 2.05) is 36.5 Å². The fraction of sp³-hybridized carbons (Fsp3) is 0.400. The molecule has 0 bridgehead atoms. The molecule has 0 radical (unpaired) electrons. The Morgan fingerprint density at radius 3 is 2.76 bits per heavy atom. The minimum absolute atomic E-state index is 0.746. The van der Waals surface area contributed by atoms with Crippen molar-refractivity contribution in [2.45, 2.75) is 45.6 Å². The second-order valence-electron chi connectivity index (χ2n) is 6.79. The molecule has 0 saturated heterocycles. The van der Waals surface area contributed by atoms with Crippen molar-refractivity contribution < 1.29 is 0 Å². The van der Waals surface area contributed by atoms with Crippen LogP contribution in [-0.4, -0.2) is 17.0 Å². The van der Waals surface area contributed by atoms with Gasteiger partial charge >= 0.3 is 0 Å². The number of aryl methyl sites for hydroxylation is 3. The third-order valence-electron chi connectivity index (χ3n) is 4.88. The molecule has 0 amide bonds. The standard InChI is InChI=1S/C20H22ClN3S/c1-13-22-19(24(2)12-14-8-6-7-10-16(14)21)18-15-9-4-3-5-11-17(15)25-20(18)23-13/h6-8,10H,3-5,9,11-12H2,1-2H3. The van der Waals surface area contributed by atoms with Crippen LogP contribution in [0.3, 0.4) is 0 Å². The maximum atomic E-state index is 6.36. The fourth-order valence-corrected chi connectivity index (χ4v) is 5.15. The van der Waals surface area contributed by atoms with E-state index in [9.17, 15) is 0 Å². The van der Waals surface area contributed by atoms with E-state index in [1.54, 1.807) is 0 Å². The van der Waals surface area contributed by atoms with Crippen molar-refractivity contribution in [3.8, 4) is 0 Å². The number of rotatable bonds is 3. The van der Waals surface area contributed by atoms with Crippen LogP contribution in [0.25, 0.3) is 10.2 Å². The van der Waals surface area contributed by atoms with Crippen molar-refractivity contribution >= 4 is 39.0 Å². The van der Waals surface area contributed by atoms with E-state index < -0.39 is 0 Å². The van der Waals surface area contributed by atoms with Crippen LogP contribution >= 0.6 is 22.9 Å². The van der Waals surface area contributed by atoms with Crippen LogP contribution in [0.5, 0.6) is 0 Å². The zero-order chi connectivity index (χ0) is 17.4. The second-order valence-corrected chi connectivity index (χ2v) is 8.28. The molecule has 130 valence electrons. The van der Waals surface area contributed by atoms with Gasteiger partial charge in [-0.1, -0.05) is 36.2 Å². The number of benzene rings is 1. The van der Waals surface area contributed by atoms with Crippen molar-refractivity contribution in [1.29, 1.82) is 0 Å². The number of anilines is 1. The van der Waals surface area contributed by atoms with Gasteiger partial charge in [0.2, 0.25) is 0 Å². The molecule has 2 heterocycles. The molecule has 0 saturated carbocycles. The van der Waals surface area contributed by atoms with Gasteiger partial charge in [0.1, 0.15) is 16.5 Å². The molecule has 0 atom stereocenters. The normalized spacial score (nSPS) is 14.4. The summed E-state index contributed by atoms with van der Waals surface area (Å²) in [6, 6.07) is 8.03. The molecule has 0 N–H and O–H groups in total. The molecule has 1 aliphatic carbocycles. The lowest BCUT2D eigenvalue weighted by Crippen LogP contribution is -2.19. The fourth-order valence-electron chi connectivity index (χ4n) is 3.65. The van der Waals surface area contributed by atoms with E-state index in [0.29, 0.717) is 0 Å². The van der Waals surface area contributed by atoms with Gasteiger partial charge in [0, 0.05) is 23.5 Å². The predicted molar refractivity (Wildman–Crippen MR) is 107 cm³/mol. The molecule has 25 heavy (non-hydrogen) atoms. The Hall–Kier alpha value is -1.65. The summed E-state index contributed by atoms with van der Waals surface area (Å²) in [6.07, 6.45) is 6.20. The number of hydrogen-bond donors (Lipinski definition) is 0. The third kappa shape index (κ3) is 3.25. The Balaban J connectivity index is 1.80. The van der Waals surface area contributed by atoms with Crippen LogP contribution < -0.4 is 4.90 Å². The summed E-state index contributed by atoms with van der Waals surface area (Å²) in [5.74, 6) is 1.88. The lowest BCUT2D eigenvalue weighted by Gasteiger charge is -2.21. The smallest absolute Gasteiger partial charge is 0.141 e. The number of hydrogen-bond acceptors (Lipinski definition) is 4. The Morgan fingerprint density at radius 1 is 1.12 bits per heavy atom. The van der Waals surface area contributed by atoms with E-state index in [0.717, 1.165) is 40.0 Å². The first-order chi connectivity index (χ1) is 12.1. The summed E-state index contributed by atoms with van der Waals surface area (Å²) < 4.78 is 0. The van der Waals surface area contributed by atoms with Crippen LogP contribution in [0.1, 0.15) is 41.1 Å². The molecule has 3 aromatic rings. The van der Waals surface area contributed by atoms with Crippen molar-refractivity contribution in [3.63, 3.8) is 0 Å². The van der Waals surface area contributed by atoms with E-state index >= 15 is 0 Å². The van der Waals surface area contributed by atoms with E-state index in [1.165, 1.54) is 41.5 Å². The number of nitrogens with zero attached hydrogens (tertiary/aromatic N) is 3. The van der Waals surface area contributed by atoms with Crippen molar-refractivity contribution in [2.24, 2.45) is 0 Å². The van der Waals surface area contributed by atoms with Gasteiger partial charge in [-0.2, -0.15) is 0 Å². The van der Waals surface area contributed by atoms with Crippen LogP contribution in [-0.2, 0) is 19.4 Å². The number of aromatic nitrogens is 2. The van der Waals surface area contributed by atoms with Gasteiger partial charge in [0.15, 0.2) is 0 Å². The number of halogens is 1. The topological polar surface area (TPSA) is 29.0 Å². The summed E-state index contributed by atoms with van der Waals surface area (Å²) >= 11 is 8.23. The van der Waals surface area contributed by atoms with E-state index in [2.05, 4.69) is 18.0 Å². The van der Waals surface area contributed by atoms with Gasteiger partial charge in [-0.3, -0.25) is 0 Å². The molecule has 0 aliphatic heterocycles. The average molecular weight is 372 g/mol. The van der Waals surface area contributed by atoms with Crippen molar-refractivity contribution in [2.75, 3.05) is 11.9 Å². The van der Waals surface area contributed by atoms with Crippen LogP contribution in [0.4, 0.5) is 5.82 Å². The SMILES string of the molecule is Cc1nc(N(C)Cc2ccccc2Cl)c2c3c(sc2n1)CCCCC3. The minimum Gasteiger partial charge on any atom is -0.355 e. The monoisotopic (exact) mass is 371 g/mol. The number of thiophene rings is 1. The summed E-state index contributed by atoms with van der Waals surface area (Å²) in [4.78, 5) is 14.4. The maximum absolute atomic E-state index is 6.36. The molecule has 0 fully saturated rings. The van der Waals surface area contributed by atoms with Gasteiger partial charge in [-0.25, -0.2) is 9.97 Å². The highest BCUT2D eigenvalue weighted by atomic mass is 35.5. The van der Waals surface area contributed by atoms with Gasteiger partial charge < -0.3 is 4.90 Å². The molecule has 3 nitrogen and oxygen atoms in total. The first-order valence-corrected chi connectivity index (χ1v) is 10.1. The highest BCUT2D eigenvalue weighted by Crippen LogP contribution is 2.39. The van der Waals surface area contributed by atoms with Gasteiger partial charge in [-0.05, 0) is 49.8 Å². The quantitative estimate of drug-likeness (QED) is 0.564. The van der Waals surface area contributed by atoms with Gasteiger partial charge in [0.25, 0.3) is 0 Å². The highest BCUT2D eigenvalue weighted by Gasteiger charge is 2.21. The lowest BCUT2D eigenvalue weighted by atomic mass is 10.1. The van der Waals surface area contributed by atoms with Crippen LogP contribution in [0.2, 0.25) is 5.02 Å². The molecular formula is C20H22ClN3S. The van der Waals surface area contributed by atoms with Crippen LogP contribution in [0, 0.1) is 6.92 Å². The Labute approximate surface area is 157 Å². The first-order valence-electron chi connectivity index (χ1n) is 8.87. The van der Waals surface area contributed by atoms with E-state index in [-0.39, 0.29) is 0 Å². The molecule has 0 spiro atoms. The van der Waals surface area contributed by atoms with Crippen molar-refractivity contribution in [1.82, 2.24) is 9.97 Å². The molecule has 1 aromatic carbocycles. The average Bonchev–Trinajstić information content (AvgIpc) is 2.77.